The lowest BCUT2D eigenvalue weighted by Gasteiger charge is -2.16. The summed E-state index contributed by atoms with van der Waals surface area (Å²) in [7, 11) is 3.23. The van der Waals surface area contributed by atoms with E-state index in [0.717, 1.165) is 16.9 Å². The molecule has 7 heteroatoms. The van der Waals surface area contributed by atoms with Crippen LogP contribution in [0.25, 0.3) is 0 Å². The second kappa shape index (κ2) is 10.7. The van der Waals surface area contributed by atoms with Crippen molar-refractivity contribution in [1.29, 1.82) is 0 Å². The molecule has 0 saturated heterocycles. The molecule has 0 spiro atoms. The lowest BCUT2D eigenvalue weighted by Crippen LogP contribution is -2.13. The lowest BCUT2D eigenvalue weighted by atomic mass is 10.1. The Labute approximate surface area is 189 Å². The van der Waals surface area contributed by atoms with Gasteiger partial charge in [-0.1, -0.05) is 35.9 Å². The number of para-hydroxylation sites is 1. The molecule has 0 aliphatic carbocycles. The van der Waals surface area contributed by atoms with Gasteiger partial charge in [0.1, 0.15) is 18.2 Å². The molecule has 3 aromatic rings. The first-order valence-electron chi connectivity index (χ1n) is 9.28. The van der Waals surface area contributed by atoms with Crippen LogP contribution in [-0.2, 0) is 19.7 Å². The minimum absolute atomic E-state index is 0.00807. The van der Waals surface area contributed by atoms with Gasteiger partial charge in [0.2, 0.25) is 0 Å². The summed E-state index contributed by atoms with van der Waals surface area (Å²) in [6, 6.07) is 16.3. The van der Waals surface area contributed by atoms with E-state index in [1.807, 2.05) is 36.4 Å². The van der Waals surface area contributed by atoms with Crippen LogP contribution >= 0.6 is 27.5 Å². The normalized spacial score (nSPS) is 10.7. The molecule has 0 aliphatic heterocycles. The fourth-order valence-electron chi connectivity index (χ4n) is 3.02. The summed E-state index contributed by atoms with van der Waals surface area (Å²) in [4.78, 5) is 0. The summed E-state index contributed by atoms with van der Waals surface area (Å²) in [5, 5.41) is 3.72. The van der Waals surface area contributed by atoms with Crippen molar-refractivity contribution in [2.75, 3.05) is 14.2 Å². The fraction of sp³-hybridized carbons (Fsp3) is 0.217. The van der Waals surface area contributed by atoms with E-state index < -0.39 is 5.82 Å². The molecule has 0 aliphatic rings. The summed E-state index contributed by atoms with van der Waals surface area (Å²) in [6.07, 6.45) is 0. The predicted molar refractivity (Wildman–Crippen MR) is 120 cm³/mol. The predicted octanol–water partition coefficient (Wildman–Crippen LogP) is 6.13. The molecule has 0 radical (unpaired) electrons. The average molecular weight is 495 g/mol. The van der Waals surface area contributed by atoms with Gasteiger partial charge in [-0.25, -0.2) is 4.39 Å². The van der Waals surface area contributed by atoms with Crippen molar-refractivity contribution in [3.8, 4) is 17.2 Å². The maximum atomic E-state index is 14.0. The Kier molecular flexibility index (Phi) is 7.96. The van der Waals surface area contributed by atoms with Crippen LogP contribution < -0.4 is 19.5 Å². The van der Waals surface area contributed by atoms with E-state index in [4.69, 9.17) is 25.8 Å². The van der Waals surface area contributed by atoms with E-state index >= 15 is 0 Å². The molecular weight excluding hydrogens is 473 g/mol. The van der Waals surface area contributed by atoms with Gasteiger partial charge in [-0.15, -0.1) is 0 Å². The average Bonchev–Trinajstić information content (AvgIpc) is 2.74. The van der Waals surface area contributed by atoms with Gasteiger partial charge in [-0.2, -0.15) is 0 Å². The first-order valence-corrected chi connectivity index (χ1v) is 10.4. The highest BCUT2D eigenvalue weighted by Gasteiger charge is 2.14. The highest BCUT2D eigenvalue weighted by atomic mass is 79.9. The van der Waals surface area contributed by atoms with Gasteiger partial charge in [0.05, 0.1) is 23.7 Å². The van der Waals surface area contributed by atoms with Gasteiger partial charge in [-0.05, 0) is 51.8 Å². The van der Waals surface area contributed by atoms with Gasteiger partial charge < -0.3 is 19.5 Å². The molecule has 0 aromatic heterocycles. The van der Waals surface area contributed by atoms with E-state index in [1.54, 1.807) is 26.4 Å². The van der Waals surface area contributed by atoms with E-state index in [2.05, 4.69) is 21.2 Å². The maximum Gasteiger partial charge on any atom is 0.175 e. The Bertz CT molecular complexity index is 995. The van der Waals surface area contributed by atoms with Crippen LogP contribution in [0.4, 0.5) is 4.39 Å². The third kappa shape index (κ3) is 5.45. The van der Waals surface area contributed by atoms with Crippen molar-refractivity contribution in [3.05, 3.63) is 86.6 Å². The van der Waals surface area contributed by atoms with Gasteiger partial charge >= 0.3 is 0 Å². The molecule has 1 N–H and O–H groups in total. The number of halogens is 3. The summed E-state index contributed by atoms with van der Waals surface area (Å²) < 4.78 is 31.4. The van der Waals surface area contributed by atoms with Crippen molar-refractivity contribution < 1.29 is 18.6 Å². The highest BCUT2D eigenvalue weighted by molar-refractivity contribution is 9.10. The van der Waals surface area contributed by atoms with E-state index in [1.165, 1.54) is 6.07 Å². The van der Waals surface area contributed by atoms with Crippen molar-refractivity contribution in [1.82, 2.24) is 5.32 Å². The zero-order valence-electron chi connectivity index (χ0n) is 16.7. The van der Waals surface area contributed by atoms with Crippen molar-refractivity contribution in [3.63, 3.8) is 0 Å². The summed E-state index contributed by atoms with van der Waals surface area (Å²) in [6.45, 7) is 1.27. The summed E-state index contributed by atoms with van der Waals surface area (Å²) in [5.41, 5.74) is 2.38. The largest absolute Gasteiger partial charge is 0.496 e. The summed E-state index contributed by atoms with van der Waals surface area (Å²) >= 11 is 9.61. The highest BCUT2D eigenvalue weighted by Crippen LogP contribution is 2.37. The van der Waals surface area contributed by atoms with Crippen LogP contribution in [0, 0.1) is 5.82 Å². The third-order valence-corrected chi connectivity index (χ3v) is 5.49. The molecule has 0 heterocycles. The molecule has 0 fully saturated rings. The van der Waals surface area contributed by atoms with E-state index in [9.17, 15) is 4.39 Å². The maximum absolute atomic E-state index is 14.0. The first-order chi connectivity index (χ1) is 14.5. The number of nitrogens with one attached hydrogen (secondary N) is 1. The Hall–Kier alpha value is -2.28. The second-order valence-corrected chi connectivity index (χ2v) is 7.77. The van der Waals surface area contributed by atoms with Crippen LogP contribution in [0.2, 0.25) is 5.02 Å². The molecular formula is C23H22BrClFNO3. The van der Waals surface area contributed by atoms with Gasteiger partial charge in [0.15, 0.2) is 11.5 Å². The lowest BCUT2D eigenvalue weighted by molar-refractivity contribution is 0.277. The molecule has 0 saturated carbocycles. The second-order valence-electron chi connectivity index (χ2n) is 6.51. The van der Waals surface area contributed by atoms with Crippen LogP contribution in [0.3, 0.4) is 0 Å². The Morgan fingerprint density at radius 2 is 1.73 bits per heavy atom. The molecule has 0 unspecified atom stereocenters. The monoisotopic (exact) mass is 493 g/mol. The third-order valence-electron chi connectivity index (χ3n) is 4.55. The van der Waals surface area contributed by atoms with Crippen molar-refractivity contribution >= 4 is 27.5 Å². The number of benzene rings is 3. The Balaban J connectivity index is 1.69. The molecule has 158 valence electrons. The summed E-state index contributed by atoms with van der Waals surface area (Å²) in [5.74, 6) is 1.48. The molecule has 0 atom stereocenters. The van der Waals surface area contributed by atoms with Crippen molar-refractivity contribution in [2.24, 2.45) is 0 Å². The standard InChI is InChI=1S/C23H22BrClFNO3/c1-28-21-9-4-3-6-16(21)13-27-12-15-10-18(24)23(22(11-15)29-2)30-14-17-19(25)7-5-8-20(17)26/h3-11,27H,12-14H2,1-2H3. The van der Waals surface area contributed by atoms with E-state index in [0.29, 0.717) is 39.6 Å². The molecule has 0 bridgehead atoms. The topological polar surface area (TPSA) is 39.7 Å². The Morgan fingerprint density at radius 3 is 2.47 bits per heavy atom. The molecule has 3 aromatic carbocycles. The van der Waals surface area contributed by atoms with Crippen LogP contribution in [0.5, 0.6) is 17.2 Å². The van der Waals surface area contributed by atoms with Gasteiger partial charge in [-0.3, -0.25) is 0 Å². The molecule has 30 heavy (non-hydrogen) atoms. The molecule has 0 amide bonds. The number of methoxy groups -OCH3 is 2. The fourth-order valence-corrected chi connectivity index (χ4v) is 3.84. The molecule has 4 nitrogen and oxygen atoms in total. The smallest absolute Gasteiger partial charge is 0.175 e. The number of hydrogen-bond donors (Lipinski definition) is 1. The van der Waals surface area contributed by atoms with E-state index in [-0.39, 0.29) is 6.61 Å². The minimum Gasteiger partial charge on any atom is -0.496 e. The number of rotatable bonds is 9. The van der Waals surface area contributed by atoms with Crippen LogP contribution in [0.1, 0.15) is 16.7 Å². The van der Waals surface area contributed by atoms with Gasteiger partial charge in [0.25, 0.3) is 0 Å². The van der Waals surface area contributed by atoms with Crippen LogP contribution in [-0.4, -0.2) is 14.2 Å². The van der Waals surface area contributed by atoms with Gasteiger partial charge in [0, 0.05) is 24.2 Å². The van der Waals surface area contributed by atoms with Crippen LogP contribution in [0.15, 0.2) is 59.1 Å². The zero-order chi connectivity index (χ0) is 21.5. The number of hydrogen-bond acceptors (Lipinski definition) is 4. The molecule has 3 rings (SSSR count). The quantitative estimate of drug-likeness (QED) is 0.389. The Morgan fingerprint density at radius 1 is 0.967 bits per heavy atom. The SMILES string of the molecule is COc1ccccc1CNCc1cc(Br)c(OCc2c(F)cccc2Cl)c(OC)c1. The number of ether oxygens (including phenoxy) is 3. The first kappa shape index (κ1) is 22.4. The zero-order valence-corrected chi connectivity index (χ0v) is 19.0. The minimum atomic E-state index is -0.408. The van der Waals surface area contributed by atoms with Crippen molar-refractivity contribution in [2.45, 2.75) is 19.7 Å².